The molecule has 4 rings (SSSR count). The highest BCUT2D eigenvalue weighted by Gasteiger charge is 2.51. The zero-order chi connectivity index (χ0) is 24.1. The fourth-order valence-electron chi connectivity index (χ4n) is 4.63. The number of aromatic amines is 1. The van der Waals surface area contributed by atoms with E-state index in [1.165, 1.54) is 24.3 Å². The Morgan fingerprint density at radius 3 is 2.48 bits per heavy atom. The summed E-state index contributed by atoms with van der Waals surface area (Å²) in [5.74, 6) is -1.26. The maximum absolute atomic E-state index is 14.6. The first-order valence-corrected chi connectivity index (χ1v) is 10.1. The molecule has 0 spiro atoms. The molecule has 0 saturated heterocycles. The Hall–Kier alpha value is -3.80. The molecule has 0 saturated carbocycles. The van der Waals surface area contributed by atoms with Gasteiger partial charge in [0.2, 0.25) is 11.8 Å². The highest BCUT2D eigenvalue weighted by atomic mass is 19.4. The van der Waals surface area contributed by atoms with Gasteiger partial charge in [-0.3, -0.25) is 5.10 Å². The second-order valence-electron chi connectivity index (χ2n) is 8.22. The molecule has 170 valence electrons. The summed E-state index contributed by atoms with van der Waals surface area (Å²) in [6.07, 6.45) is -4.71. The quantitative estimate of drug-likeness (QED) is 0.505. The maximum Gasteiger partial charge on any atom is 0.416 e. The van der Waals surface area contributed by atoms with Crippen LogP contribution < -0.4 is 10.5 Å². The van der Waals surface area contributed by atoms with Crippen LogP contribution in [0.3, 0.4) is 0 Å². The summed E-state index contributed by atoms with van der Waals surface area (Å²) in [7, 11) is 0. The first kappa shape index (κ1) is 22.4. The van der Waals surface area contributed by atoms with Crippen LogP contribution >= 0.6 is 0 Å². The summed E-state index contributed by atoms with van der Waals surface area (Å²) in [6, 6.07) is 11.0. The van der Waals surface area contributed by atoms with Gasteiger partial charge in [0.25, 0.3) is 0 Å². The van der Waals surface area contributed by atoms with Gasteiger partial charge < -0.3 is 10.5 Å². The normalized spacial score (nSPS) is 18.2. The van der Waals surface area contributed by atoms with Gasteiger partial charge in [-0.15, -0.1) is 5.10 Å². The lowest BCUT2D eigenvalue weighted by molar-refractivity contribution is -0.137. The summed E-state index contributed by atoms with van der Waals surface area (Å²) in [6.45, 7) is 5.23. The number of rotatable bonds is 3. The lowest BCUT2D eigenvalue weighted by Crippen LogP contribution is -2.41. The average Bonchev–Trinajstić information content (AvgIpc) is 3.12. The molecule has 0 bridgehead atoms. The first-order chi connectivity index (χ1) is 15.5. The van der Waals surface area contributed by atoms with Crippen molar-refractivity contribution >= 4 is 0 Å². The summed E-state index contributed by atoms with van der Waals surface area (Å²) >= 11 is 0. The number of benzene rings is 2. The van der Waals surface area contributed by atoms with Crippen molar-refractivity contribution in [3.63, 3.8) is 0 Å². The number of ether oxygens (including phenoxy) is 1. The van der Waals surface area contributed by atoms with Crippen LogP contribution in [0.15, 0.2) is 53.9 Å². The molecular formula is C24H20F4N4O. The molecule has 0 fully saturated rings. The van der Waals surface area contributed by atoms with Gasteiger partial charge in [-0.05, 0) is 48.2 Å². The van der Waals surface area contributed by atoms with E-state index in [0.717, 1.165) is 12.1 Å². The smallest absolute Gasteiger partial charge is 0.416 e. The van der Waals surface area contributed by atoms with Gasteiger partial charge in [-0.2, -0.15) is 18.4 Å². The SMILES string of the molecule is Cc1[nH]nc2c1[C@](c1cc(-c3ccccc3F)cc(C(F)(F)F)c1)(C(C)C)C(C#N)=C(N)O2. The standard InChI is InChI=1S/C24H20F4N4O/c1-12(2)23(18(11-29)21(30)33-22-20(23)13(3)31-32-22)15-8-14(9-16(10-15)24(26,27)28)17-6-4-5-7-19(17)25/h4-10,12H,30H2,1-3H3,(H,31,32)/t23-/m0/s1. The molecule has 9 heteroatoms. The molecule has 0 amide bonds. The van der Waals surface area contributed by atoms with E-state index in [2.05, 4.69) is 10.2 Å². The molecule has 1 aliphatic heterocycles. The number of alkyl halides is 3. The van der Waals surface area contributed by atoms with E-state index in [9.17, 15) is 22.8 Å². The van der Waals surface area contributed by atoms with E-state index in [-0.39, 0.29) is 34.0 Å². The Bertz CT molecular complexity index is 1320. The van der Waals surface area contributed by atoms with Gasteiger partial charge in [-0.25, -0.2) is 4.39 Å². The third-order valence-corrected chi connectivity index (χ3v) is 6.03. The van der Waals surface area contributed by atoms with Crippen LogP contribution in [-0.4, -0.2) is 10.2 Å². The lowest BCUT2D eigenvalue weighted by Gasteiger charge is -2.41. The second kappa shape index (κ2) is 7.66. The van der Waals surface area contributed by atoms with Crippen molar-refractivity contribution in [3.8, 4) is 23.1 Å². The maximum atomic E-state index is 14.6. The van der Waals surface area contributed by atoms with Gasteiger partial charge in [-0.1, -0.05) is 32.0 Å². The van der Waals surface area contributed by atoms with Crippen LogP contribution in [0.25, 0.3) is 11.1 Å². The minimum Gasteiger partial charge on any atom is -0.420 e. The molecule has 1 aliphatic rings. The number of nitrogens with one attached hydrogen (secondary N) is 1. The van der Waals surface area contributed by atoms with Crippen molar-refractivity contribution in [1.82, 2.24) is 10.2 Å². The summed E-state index contributed by atoms with van der Waals surface area (Å²) < 4.78 is 62.1. The number of hydrogen-bond donors (Lipinski definition) is 2. The molecular weight excluding hydrogens is 436 g/mol. The van der Waals surface area contributed by atoms with Crippen molar-refractivity contribution in [1.29, 1.82) is 5.26 Å². The Kier molecular flexibility index (Phi) is 5.20. The number of nitrogens with zero attached hydrogens (tertiary/aromatic N) is 2. The molecule has 0 radical (unpaired) electrons. The van der Waals surface area contributed by atoms with Gasteiger partial charge in [0.15, 0.2) is 0 Å². The number of allylic oxidation sites excluding steroid dienone is 1. The van der Waals surface area contributed by atoms with E-state index in [1.54, 1.807) is 26.8 Å². The monoisotopic (exact) mass is 456 g/mol. The van der Waals surface area contributed by atoms with E-state index in [4.69, 9.17) is 10.5 Å². The largest absolute Gasteiger partial charge is 0.420 e. The summed E-state index contributed by atoms with van der Waals surface area (Å²) in [5, 5.41) is 16.9. The number of aryl methyl sites for hydroxylation is 1. The van der Waals surface area contributed by atoms with Crippen LogP contribution in [-0.2, 0) is 11.6 Å². The molecule has 0 unspecified atom stereocenters. The fourth-order valence-corrected chi connectivity index (χ4v) is 4.63. The molecule has 1 atom stereocenters. The van der Waals surface area contributed by atoms with Crippen LogP contribution in [0, 0.1) is 30.0 Å². The van der Waals surface area contributed by atoms with E-state index < -0.39 is 28.9 Å². The van der Waals surface area contributed by atoms with Crippen molar-refractivity contribution in [2.45, 2.75) is 32.4 Å². The van der Waals surface area contributed by atoms with Crippen LogP contribution in [0.1, 0.15) is 36.2 Å². The second-order valence-corrected chi connectivity index (χ2v) is 8.22. The predicted octanol–water partition coefficient (Wildman–Crippen LogP) is 5.57. The minimum absolute atomic E-state index is 0.00964. The number of nitriles is 1. The zero-order valence-electron chi connectivity index (χ0n) is 18.0. The summed E-state index contributed by atoms with van der Waals surface area (Å²) in [5.41, 5.74) is 4.76. The average molecular weight is 456 g/mol. The van der Waals surface area contributed by atoms with Crippen molar-refractivity contribution in [2.75, 3.05) is 0 Å². The Morgan fingerprint density at radius 2 is 1.88 bits per heavy atom. The highest BCUT2D eigenvalue weighted by molar-refractivity contribution is 5.70. The molecule has 0 aliphatic carbocycles. The van der Waals surface area contributed by atoms with E-state index >= 15 is 0 Å². The van der Waals surface area contributed by atoms with Crippen LogP contribution in [0.5, 0.6) is 5.88 Å². The third-order valence-electron chi connectivity index (χ3n) is 6.03. The topological polar surface area (TPSA) is 87.7 Å². The van der Waals surface area contributed by atoms with E-state index in [1.807, 2.05) is 6.07 Å². The minimum atomic E-state index is -4.71. The Morgan fingerprint density at radius 1 is 1.18 bits per heavy atom. The van der Waals surface area contributed by atoms with Crippen LogP contribution in [0.4, 0.5) is 17.6 Å². The van der Waals surface area contributed by atoms with Crippen LogP contribution in [0.2, 0.25) is 0 Å². The molecule has 2 aromatic carbocycles. The molecule has 1 aromatic heterocycles. The number of fused-ring (bicyclic) bond motifs is 1. The van der Waals surface area contributed by atoms with Crippen molar-refractivity contribution in [2.24, 2.45) is 11.7 Å². The fraction of sp³-hybridized carbons (Fsp3) is 0.250. The van der Waals surface area contributed by atoms with Gasteiger partial charge >= 0.3 is 6.18 Å². The number of H-pyrrole nitrogens is 1. The van der Waals surface area contributed by atoms with E-state index in [0.29, 0.717) is 11.3 Å². The number of aromatic nitrogens is 2. The number of halogens is 4. The van der Waals surface area contributed by atoms with Crippen molar-refractivity contribution < 1.29 is 22.3 Å². The molecule has 3 aromatic rings. The third kappa shape index (κ3) is 3.33. The summed E-state index contributed by atoms with van der Waals surface area (Å²) in [4.78, 5) is 0. The number of nitrogens with two attached hydrogens (primary N) is 1. The van der Waals surface area contributed by atoms with Gasteiger partial charge in [0.1, 0.15) is 17.5 Å². The zero-order valence-corrected chi connectivity index (χ0v) is 18.0. The molecule has 3 N–H and O–H groups in total. The molecule has 33 heavy (non-hydrogen) atoms. The molecule has 2 heterocycles. The predicted molar refractivity (Wildman–Crippen MR) is 113 cm³/mol. The number of hydrogen-bond acceptors (Lipinski definition) is 4. The Labute approximate surface area is 187 Å². The Balaban J connectivity index is 2.16. The van der Waals surface area contributed by atoms with Gasteiger partial charge in [0.05, 0.1) is 16.5 Å². The molecule has 5 nitrogen and oxygen atoms in total. The van der Waals surface area contributed by atoms with Crippen molar-refractivity contribution in [3.05, 3.63) is 82.1 Å². The lowest BCUT2D eigenvalue weighted by atomic mass is 9.61. The first-order valence-electron chi connectivity index (χ1n) is 10.1. The highest BCUT2D eigenvalue weighted by Crippen LogP contribution is 2.53. The van der Waals surface area contributed by atoms with Gasteiger partial charge in [0, 0.05) is 11.3 Å².